The molecule has 0 atom stereocenters. The molecule has 2 aromatic carbocycles. The molecule has 8 nitrogen and oxygen atoms in total. The molecule has 2 aromatic heterocycles. The van der Waals surface area contributed by atoms with Gasteiger partial charge in [0.05, 0.1) is 27.9 Å². The van der Waals surface area contributed by atoms with E-state index >= 15 is 0 Å². The summed E-state index contributed by atoms with van der Waals surface area (Å²) in [5.74, 6) is -0.507. The molecule has 0 saturated carbocycles. The Morgan fingerprint density at radius 1 is 1.13 bits per heavy atom. The van der Waals surface area contributed by atoms with Crippen LogP contribution in [0.5, 0.6) is 0 Å². The zero-order valence-electron chi connectivity index (χ0n) is 15.8. The van der Waals surface area contributed by atoms with E-state index in [1.807, 2.05) is 0 Å². The number of benzene rings is 2. The van der Waals surface area contributed by atoms with E-state index in [0.717, 1.165) is 10.2 Å². The highest BCUT2D eigenvalue weighted by molar-refractivity contribution is 7.16. The van der Waals surface area contributed by atoms with E-state index in [2.05, 4.69) is 10.3 Å². The van der Waals surface area contributed by atoms with E-state index in [1.165, 1.54) is 23.5 Å². The molecule has 0 radical (unpaired) electrons. The van der Waals surface area contributed by atoms with E-state index in [1.54, 1.807) is 42.8 Å². The van der Waals surface area contributed by atoms with Gasteiger partial charge >= 0.3 is 17.7 Å². The Balaban J connectivity index is 1.55. The fourth-order valence-corrected chi connectivity index (χ4v) is 3.64. The van der Waals surface area contributed by atoms with Crippen molar-refractivity contribution in [2.75, 3.05) is 11.9 Å². The van der Waals surface area contributed by atoms with Crippen molar-refractivity contribution in [3.63, 3.8) is 0 Å². The fourth-order valence-electron chi connectivity index (χ4n) is 2.92. The molecule has 4 aromatic rings. The molecule has 1 amide bonds. The molecular weight excluding hydrogens is 408 g/mol. The monoisotopic (exact) mass is 424 g/mol. The van der Waals surface area contributed by atoms with Gasteiger partial charge in [-0.15, -0.1) is 11.3 Å². The lowest BCUT2D eigenvalue weighted by molar-refractivity contribution is 0.0474. The number of nitrogens with one attached hydrogen (secondary N) is 1. The Bertz CT molecular complexity index is 1310. The number of nitrogens with zero attached hydrogens (tertiary/aromatic N) is 1. The third kappa shape index (κ3) is 4.15. The molecule has 2 heterocycles. The third-order valence-corrected chi connectivity index (χ3v) is 5.07. The zero-order valence-corrected chi connectivity index (χ0v) is 16.7. The molecule has 0 aliphatic carbocycles. The van der Waals surface area contributed by atoms with Crippen molar-refractivity contribution in [3.05, 3.63) is 69.5 Å². The Kier molecular flexibility index (Phi) is 5.44. The molecule has 30 heavy (non-hydrogen) atoms. The van der Waals surface area contributed by atoms with Crippen LogP contribution in [0, 0.1) is 0 Å². The van der Waals surface area contributed by atoms with Gasteiger partial charge in [0.15, 0.2) is 0 Å². The van der Waals surface area contributed by atoms with Crippen molar-refractivity contribution in [1.29, 1.82) is 0 Å². The SMILES string of the molecule is CCOC(=O)Nc1ccc2c(COC(=O)c3ccc4ncsc4c3)cc(=O)oc2c1. The van der Waals surface area contributed by atoms with E-state index in [4.69, 9.17) is 13.9 Å². The minimum Gasteiger partial charge on any atom is -0.457 e. The van der Waals surface area contributed by atoms with E-state index in [9.17, 15) is 14.4 Å². The maximum absolute atomic E-state index is 12.4. The second-order valence-corrected chi connectivity index (χ2v) is 7.14. The summed E-state index contributed by atoms with van der Waals surface area (Å²) in [6.07, 6.45) is -0.609. The lowest BCUT2D eigenvalue weighted by Crippen LogP contribution is -2.13. The van der Waals surface area contributed by atoms with Crippen molar-refractivity contribution in [1.82, 2.24) is 4.98 Å². The van der Waals surface area contributed by atoms with Crippen molar-refractivity contribution >= 4 is 50.3 Å². The van der Waals surface area contributed by atoms with E-state index in [0.29, 0.717) is 22.2 Å². The fraction of sp³-hybridized carbons (Fsp3) is 0.143. The lowest BCUT2D eigenvalue weighted by Gasteiger charge is -2.09. The van der Waals surface area contributed by atoms with E-state index < -0.39 is 17.7 Å². The lowest BCUT2D eigenvalue weighted by atomic mass is 10.1. The highest BCUT2D eigenvalue weighted by atomic mass is 32.1. The Hall–Kier alpha value is -3.72. The smallest absolute Gasteiger partial charge is 0.411 e. The van der Waals surface area contributed by atoms with Crippen molar-refractivity contribution in [2.45, 2.75) is 13.5 Å². The molecule has 0 unspecified atom stereocenters. The van der Waals surface area contributed by atoms with Gasteiger partial charge in [0.25, 0.3) is 0 Å². The molecule has 0 aliphatic heterocycles. The Morgan fingerprint density at radius 2 is 2.00 bits per heavy atom. The minimum absolute atomic E-state index is 0.105. The molecule has 0 bridgehead atoms. The summed E-state index contributed by atoms with van der Waals surface area (Å²) in [6.45, 7) is 1.83. The summed E-state index contributed by atoms with van der Waals surface area (Å²) >= 11 is 1.43. The third-order valence-electron chi connectivity index (χ3n) is 4.28. The Labute approximate surface area is 174 Å². The number of carbonyl (C=O) groups excluding carboxylic acids is 2. The topological polar surface area (TPSA) is 108 Å². The molecule has 0 spiro atoms. The van der Waals surface area contributed by atoms with Gasteiger partial charge in [-0.2, -0.15) is 0 Å². The first kappa shape index (κ1) is 19.6. The van der Waals surface area contributed by atoms with Gasteiger partial charge in [-0.05, 0) is 37.3 Å². The van der Waals surface area contributed by atoms with Crippen LogP contribution in [0.15, 0.2) is 57.2 Å². The number of ether oxygens (including phenoxy) is 2. The van der Waals surface area contributed by atoms with Gasteiger partial charge in [0.2, 0.25) is 0 Å². The number of hydrogen-bond donors (Lipinski definition) is 1. The number of anilines is 1. The van der Waals surface area contributed by atoms with Crippen LogP contribution in [0.25, 0.3) is 21.2 Å². The summed E-state index contributed by atoms with van der Waals surface area (Å²) in [7, 11) is 0. The van der Waals surface area contributed by atoms with Gasteiger partial charge in [0.1, 0.15) is 12.2 Å². The maximum atomic E-state index is 12.4. The number of thiazole rings is 1. The first-order valence-corrected chi connectivity index (χ1v) is 9.92. The minimum atomic E-state index is -0.609. The molecule has 9 heteroatoms. The Morgan fingerprint density at radius 3 is 2.83 bits per heavy atom. The average Bonchev–Trinajstić information content (AvgIpc) is 3.19. The molecule has 4 rings (SSSR count). The van der Waals surface area contributed by atoms with E-state index in [-0.39, 0.29) is 18.8 Å². The number of esters is 1. The second kappa shape index (κ2) is 8.34. The number of carbonyl (C=O) groups is 2. The van der Waals surface area contributed by atoms with Gasteiger partial charge in [-0.25, -0.2) is 19.4 Å². The van der Waals surface area contributed by atoms with Crippen LogP contribution < -0.4 is 10.9 Å². The predicted molar refractivity (Wildman–Crippen MR) is 112 cm³/mol. The van der Waals surface area contributed by atoms with Crippen LogP contribution in [0.1, 0.15) is 22.8 Å². The van der Waals surface area contributed by atoms with Gasteiger partial charge in [-0.3, -0.25) is 5.32 Å². The molecule has 0 aliphatic rings. The summed E-state index contributed by atoms with van der Waals surface area (Å²) in [4.78, 5) is 40.1. The van der Waals surface area contributed by atoms with Gasteiger partial charge in [0, 0.05) is 28.8 Å². The molecule has 1 N–H and O–H groups in total. The van der Waals surface area contributed by atoms with Crippen molar-refractivity contribution < 1.29 is 23.5 Å². The summed E-state index contributed by atoms with van der Waals surface area (Å²) in [5, 5.41) is 3.14. The van der Waals surface area contributed by atoms with Crippen LogP contribution >= 0.6 is 11.3 Å². The predicted octanol–water partition coefficient (Wildman–Crippen LogP) is 4.33. The number of hydrogen-bond acceptors (Lipinski definition) is 8. The number of rotatable bonds is 5. The van der Waals surface area contributed by atoms with Crippen molar-refractivity contribution in [3.8, 4) is 0 Å². The van der Waals surface area contributed by atoms with Crippen LogP contribution in [-0.2, 0) is 16.1 Å². The number of amides is 1. The van der Waals surface area contributed by atoms with Crippen LogP contribution in [-0.4, -0.2) is 23.7 Å². The van der Waals surface area contributed by atoms with Gasteiger partial charge < -0.3 is 13.9 Å². The zero-order chi connectivity index (χ0) is 21.1. The summed E-state index contributed by atoms with van der Waals surface area (Å²) in [6, 6.07) is 11.2. The van der Waals surface area contributed by atoms with Gasteiger partial charge in [-0.1, -0.05) is 0 Å². The molecule has 0 saturated heterocycles. The number of aromatic nitrogens is 1. The summed E-state index contributed by atoms with van der Waals surface area (Å²) < 4.78 is 16.3. The second-order valence-electron chi connectivity index (χ2n) is 6.26. The summed E-state index contributed by atoms with van der Waals surface area (Å²) in [5.41, 5.74) is 3.50. The first-order chi connectivity index (χ1) is 14.5. The largest absolute Gasteiger partial charge is 0.457 e. The highest BCUT2D eigenvalue weighted by Gasteiger charge is 2.13. The van der Waals surface area contributed by atoms with Crippen LogP contribution in [0.3, 0.4) is 0 Å². The molecule has 0 fully saturated rings. The molecule has 152 valence electrons. The van der Waals surface area contributed by atoms with Crippen molar-refractivity contribution in [2.24, 2.45) is 0 Å². The average molecular weight is 424 g/mol. The first-order valence-electron chi connectivity index (χ1n) is 9.04. The standard InChI is InChI=1S/C21H16N2O6S/c1-2-27-21(26)23-14-4-5-15-13(8-19(24)29-17(15)9-14)10-28-20(25)12-3-6-16-18(7-12)30-11-22-16/h3-9,11H,2,10H2,1H3,(H,23,26). The highest BCUT2D eigenvalue weighted by Crippen LogP contribution is 2.23. The maximum Gasteiger partial charge on any atom is 0.411 e. The van der Waals surface area contributed by atoms with Crippen LogP contribution in [0.4, 0.5) is 10.5 Å². The quantitative estimate of drug-likeness (QED) is 0.375. The molecular formula is C21H16N2O6S. The normalized spacial score (nSPS) is 10.8. The van der Waals surface area contributed by atoms with Crippen LogP contribution in [0.2, 0.25) is 0 Å². The number of fused-ring (bicyclic) bond motifs is 2.